The summed E-state index contributed by atoms with van der Waals surface area (Å²) in [5, 5.41) is 5.56. The summed E-state index contributed by atoms with van der Waals surface area (Å²) in [7, 11) is -2.76. The molecule has 0 saturated heterocycles. The molecule has 2 aromatic carbocycles. The molecule has 0 unspecified atom stereocenters. The van der Waals surface area contributed by atoms with Gasteiger partial charge in [-0.3, -0.25) is 0 Å². The monoisotopic (exact) mass is 300 g/mol. The van der Waals surface area contributed by atoms with E-state index in [1.807, 2.05) is 74.5 Å². The van der Waals surface area contributed by atoms with Gasteiger partial charge in [0, 0.05) is 22.5 Å². The van der Waals surface area contributed by atoms with Crippen molar-refractivity contribution in [1.82, 2.24) is 0 Å². The quantitative estimate of drug-likeness (QED) is 0.399. The maximum atomic E-state index is 13.8. The van der Waals surface area contributed by atoms with Gasteiger partial charge in [0.2, 0.25) is 0 Å². The summed E-state index contributed by atoms with van der Waals surface area (Å²) in [5.74, 6) is 5.68. The van der Waals surface area contributed by atoms with Crippen LogP contribution in [-0.4, -0.2) is 11.9 Å². The van der Waals surface area contributed by atoms with Crippen LogP contribution in [0.1, 0.15) is 13.8 Å². The lowest BCUT2D eigenvalue weighted by molar-refractivity contribution is 0.589. The molecule has 0 aliphatic carbocycles. The summed E-state index contributed by atoms with van der Waals surface area (Å²) >= 11 is 0. The van der Waals surface area contributed by atoms with Gasteiger partial charge in [0.05, 0.1) is 0 Å². The first-order valence-electron chi connectivity index (χ1n) is 7.05. The van der Waals surface area contributed by atoms with Crippen molar-refractivity contribution in [2.24, 2.45) is 16.9 Å². The molecule has 110 valence electrons. The van der Waals surface area contributed by atoms with Gasteiger partial charge in [0.1, 0.15) is 7.14 Å². The molecule has 2 rings (SSSR count). The normalized spacial score (nSPS) is 12.6. The highest BCUT2D eigenvalue weighted by Crippen LogP contribution is 2.43. The molecule has 0 aliphatic rings. The lowest BCUT2D eigenvalue weighted by Crippen LogP contribution is -2.25. The number of nitrogens with two attached hydrogens (primary N) is 1. The molecule has 0 aliphatic heterocycles. The van der Waals surface area contributed by atoms with Crippen molar-refractivity contribution in [3.05, 3.63) is 60.7 Å². The predicted molar refractivity (Wildman–Crippen MR) is 91.1 cm³/mol. The number of benzene rings is 2. The summed E-state index contributed by atoms with van der Waals surface area (Å²) in [6, 6.07) is 19.2. The Kier molecular flexibility index (Phi) is 4.98. The van der Waals surface area contributed by atoms with Crippen LogP contribution < -0.4 is 16.5 Å². The minimum absolute atomic E-state index is 0.177. The van der Waals surface area contributed by atoms with E-state index in [1.54, 1.807) is 0 Å². The van der Waals surface area contributed by atoms with Gasteiger partial charge in [-0.25, -0.2) is 0 Å². The molecule has 0 heterocycles. The highest BCUT2D eigenvalue weighted by Gasteiger charge is 2.29. The molecule has 0 saturated carbocycles. The maximum Gasteiger partial charge on any atom is 0.148 e. The zero-order valence-corrected chi connectivity index (χ0v) is 13.3. The molecule has 0 aromatic heterocycles. The molecule has 21 heavy (non-hydrogen) atoms. The molecule has 0 amide bonds. The van der Waals surface area contributed by atoms with E-state index in [0.29, 0.717) is 6.16 Å². The molecule has 0 radical (unpaired) electrons. The van der Waals surface area contributed by atoms with Gasteiger partial charge in [-0.2, -0.15) is 5.10 Å². The Morgan fingerprint density at radius 2 is 1.43 bits per heavy atom. The van der Waals surface area contributed by atoms with Crippen molar-refractivity contribution in [3.63, 3.8) is 0 Å². The lowest BCUT2D eigenvalue weighted by Gasteiger charge is -2.21. The Balaban J connectivity index is 2.53. The zero-order chi connectivity index (χ0) is 15.3. The topological polar surface area (TPSA) is 55.5 Å². The Bertz CT molecular complexity index is 608. The van der Waals surface area contributed by atoms with E-state index >= 15 is 0 Å². The van der Waals surface area contributed by atoms with Crippen LogP contribution >= 0.6 is 7.14 Å². The smallest absolute Gasteiger partial charge is 0.148 e. The van der Waals surface area contributed by atoms with Crippen LogP contribution in [0.3, 0.4) is 0 Å². The first-order chi connectivity index (χ1) is 10.1. The Labute approximate surface area is 126 Å². The third kappa shape index (κ3) is 3.43. The van der Waals surface area contributed by atoms with Gasteiger partial charge in [-0.1, -0.05) is 74.5 Å². The van der Waals surface area contributed by atoms with E-state index in [9.17, 15) is 4.57 Å². The highest BCUT2D eigenvalue weighted by molar-refractivity contribution is 7.79. The third-order valence-electron chi connectivity index (χ3n) is 3.56. The average molecular weight is 300 g/mol. The Morgan fingerprint density at radius 1 is 1.00 bits per heavy atom. The number of hydrazone groups is 1. The minimum atomic E-state index is -2.76. The highest BCUT2D eigenvalue weighted by atomic mass is 31.2. The molecule has 4 heteroatoms. The molecule has 2 aromatic rings. The van der Waals surface area contributed by atoms with E-state index in [0.717, 1.165) is 16.3 Å². The van der Waals surface area contributed by atoms with Crippen LogP contribution in [0.4, 0.5) is 0 Å². The maximum absolute atomic E-state index is 13.8. The van der Waals surface area contributed by atoms with Crippen molar-refractivity contribution in [2.75, 3.05) is 6.16 Å². The van der Waals surface area contributed by atoms with Crippen molar-refractivity contribution < 1.29 is 4.57 Å². The second-order valence-corrected chi connectivity index (χ2v) is 8.17. The summed E-state index contributed by atoms with van der Waals surface area (Å²) in [6.07, 6.45) is 0.384. The fraction of sp³-hybridized carbons (Fsp3) is 0.235. The van der Waals surface area contributed by atoms with E-state index in [1.165, 1.54) is 0 Å². The van der Waals surface area contributed by atoms with Crippen LogP contribution in [0, 0.1) is 5.92 Å². The number of hydrogen-bond donors (Lipinski definition) is 1. The summed E-state index contributed by atoms with van der Waals surface area (Å²) in [5.41, 5.74) is 0.783. The molecule has 0 atom stereocenters. The van der Waals surface area contributed by atoms with Crippen LogP contribution in [0.25, 0.3) is 0 Å². The average Bonchev–Trinajstić information content (AvgIpc) is 2.53. The predicted octanol–water partition coefficient (Wildman–Crippen LogP) is 2.97. The molecule has 3 nitrogen and oxygen atoms in total. The van der Waals surface area contributed by atoms with Crippen LogP contribution in [-0.2, 0) is 4.57 Å². The zero-order valence-electron chi connectivity index (χ0n) is 12.4. The fourth-order valence-electron chi connectivity index (χ4n) is 2.27. The first kappa shape index (κ1) is 15.5. The van der Waals surface area contributed by atoms with Gasteiger partial charge in [-0.05, 0) is 5.92 Å². The SMILES string of the molecule is CC(C)/C(CP(=O)(c1ccccc1)c1ccccc1)=N\N. The molecule has 2 N–H and O–H groups in total. The second-order valence-electron chi connectivity index (χ2n) is 5.34. The Hall–Kier alpha value is -1.86. The minimum Gasteiger partial charge on any atom is -0.323 e. The summed E-state index contributed by atoms with van der Waals surface area (Å²) in [6.45, 7) is 4.04. The molecular formula is C17H21N2OP. The van der Waals surface area contributed by atoms with Gasteiger partial charge >= 0.3 is 0 Å². The molecule has 0 spiro atoms. The summed E-state index contributed by atoms with van der Waals surface area (Å²) in [4.78, 5) is 0. The molecule has 0 fully saturated rings. The van der Waals surface area contributed by atoms with Crippen molar-refractivity contribution in [3.8, 4) is 0 Å². The number of rotatable bonds is 5. The van der Waals surface area contributed by atoms with Crippen molar-refractivity contribution in [2.45, 2.75) is 13.8 Å². The molecular weight excluding hydrogens is 279 g/mol. The van der Waals surface area contributed by atoms with E-state index in [4.69, 9.17) is 5.84 Å². The number of hydrogen-bond acceptors (Lipinski definition) is 3. The largest absolute Gasteiger partial charge is 0.323 e. The van der Waals surface area contributed by atoms with E-state index < -0.39 is 7.14 Å². The van der Waals surface area contributed by atoms with Gasteiger partial charge in [0.25, 0.3) is 0 Å². The van der Waals surface area contributed by atoms with Crippen molar-refractivity contribution >= 4 is 23.5 Å². The van der Waals surface area contributed by atoms with Crippen LogP contribution in [0.5, 0.6) is 0 Å². The molecule has 0 bridgehead atoms. The Morgan fingerprint density at radius 3 is 1.76 bits per heavy atom. The van der Waals surface area contributed by atoms with Gasteiger partial charge < -0.3 is 10.4 Å². The standard InChI is InChI=1S/C17H21N2OP/c1-14(2)17(19-18)13-21(20,15-9-5-3-6-10-15)16-11-7-4-8-12-16/h3-12,14H,13,18H2,1-2H3/b19-17-. The lowest BCUT2D eigenvalue weighted by atomic mass is 10.1. The van der Waals surface area contributed by atoms with E-state index in [-0.39, 0.29) is 5.92 Å². The van der Waals surface area contributed by atoms with Gasteiger partial charge in [-0.15, -0.1) is 0 Å². The second kappa shape index (κ2) is 6.73. The van der Waals surface area contributed by atoms with Crippen molar-refractivity contribution in [1.29, 1.82) is 0 Å². The summed E-state index contributed by atoms with van der Waals surface area (Å²) < 4.78 is 13.8. The third-order valence-corrected chi connectivity index (χ3v) is 6.60. The first-order valence-corrected chi connectivity index (χ1v) is 8.94. The van der Waals surface area contributed by atoms with E-state index in [2.05, 4.69) is 5.10 Å². The van der Waals surface area contributed by atoms with Crippen LogP contribution in [0.2, 0.25) is 0 Å². The van der Waals surface area contributed by atoms with Crippen LogP contribution in [0.15, 0.2) is 65.8 Å². The fourth-order valence-corrected chi connectivity index (χ4v) is 5.14. The number of nitrogens with zero attached hydrogens (tertiary/aromatic N) is 1. The van der Waals surface area contributed by atoms with Gasteiger partial charge in [0.15, 0.2) is 0 Å².